The summed E-state index contributed by atoms with van der Waals surface area (Å²) in [5.41, 5.74) is 1.92. The Hall–Kier alpha value is -1.61. The normalized spacial score (nSPS) is 11.9. The molecule has 0 saturated heterocycles. The molecule has 2 rings (SSSR count). The Bertz CT molecular complexity index is 568. The third-order valence-corrected chi connectivity index (χ3v) is 3.88. The van der Waals surface area contributed by atoms with Gasteiger partial charge in [-0.25, -0.2) is 0 Å². The minimum Gasteiger partial charge on any atom is -0.314 e. The third-order valence-electron chi connectivity index (χ3n) is 3.21. The number of halogens is 1. The van der Waals surface area contributed by atoms with Gasteiger partial charge < -0.3 is 4.90 Å². The minimum atomic E-state index is -0.154. The molecule has 2 aromatic rings. The van der Waals surface area contributed by atoms with Gasteiger partial charge in [-0.15, -0.1) is 0 Å². The summed E-state index contributed by atoms with van der Waals surface area (Å²) in [5.74, 6) is -0.0728. The van der Waals surface area contributed by atoms with Crippen LogP contribution in [0.2, 0.25) is 0 Å². The Morgan fingerprint density at radius 1 is 1.05 bits per heavy atom. The quantitative estimate of drug-likeness (QED) is 0.830. The summed E-state index contributed by atoms with van der Waals surface area (Å²) >= 11 is 3.48. The van der Waals surface area contributed by atoms with Gasteiger partial charge in [0.1, 0.15) is 0 Å². The van der Waals surface area contributed by atoms with Gasteiger partial charge in [-0.1, -0.05) is 42.5 Å². The topological polar surface area (TPSA) is 20.3 Å². The van der Waals surface area contributed by atoms with Crippen LogP contribution in [0, 0.1) is 0 Å². The summed E-state index contributed by atoms with van der Waals surface area (Å²) in [5, 5.41) is 0. The molecule has 1 unspecified atom stereocenters. The van der Waals surface area contributed by atoms with E-state index in [9.17, 15) is 4.79 Å². The number of rotatable bonds is 3. The van der Waals surface area contributed by atoms with Crippen LogP contribution >= 0.6 is 15.9 Å². The average molecular weight is 318 g/mol. The SMILES string of the molecule is CC(C(=O)N(C)c1ccccc1Br)c1ccccc1. The summed E-state index contributed by atoms with van der Waals surface area (Å²) in [6.07, 6.45) is 0. The second kappa shape index (κ2) is 6.02. The van der Waals surface area contributed by atoms with Crippen LogP contribution in [0.5, 0.6) is 0 Å². The van der Waals surface area contributed by atoms with Gasteiger partial charge in [-0.2, -0.15) is 0 Å². The van der Waals surface area contributed by atoms with Crippen molar-refractivity contribution in [1.29, 1.82) is 0 Å². The molecule has 0 saturated carbocycles. The Morgan fingerprint density at radius 2 is 1.63 bits per heavy atom. The van der Waals surface area contributed by atoms with Crippen molar-refractivity contribution < 1.29 is 4.79 Å². The van der Waals surface area contributed by atoms with Gasteiger partial charge in [0.25, 0.3) is 0 Å². The van der Waals surface area contributed by atoms with Crippen molar-refractivity contribution in [1.82, 2.24) is 0 Å². The van der Waals surface area contributed by atoms with Crippen LogP contribution in [0.4, 0.5) is 5.69 Å². The van der Waals surface area contributed by atoms with Crippen molar-refractivity contribution >= 4 is 27.5 Å². The number of carbonyl (C=O) groups is 1. The molecule has 1 amide bonds. The van der Waals surface area contributed by atoms with Crippen LogP contribution in [-0.2, 0) is 4.79 Å². The first-order valence-electron chi connectivity index (χ1n) is 6.18. The molecule has 98 valence electrons. The van der Waals surface area contributed by atoms with E-state index in [-0.39, 0.29) is 11.8 Å². The van der Waals surface area contributed by atoms with Crippen LogP contribution in [-0.4, -0.2) is 13.0 Å². The van der Waals surface area contributed by atoms with Gasteiger partial charge in [-0.3, -0.25) is 4.79 Å². The lowest BCUT2D eigenvalue weighted by molar-refractivity contribution is -0.119. The molecule has 2 nitrogen and oxygen atoms in total. The van der Waals surface area contributed by atoms with E-state index in [0.717, 1.165) is 15.7 Å². The number of carbonyl (C=O) groups excluding carboxylic acids is 1. The van der Waals surface area contributed by atoms with E-state index in [0.29, 0.717) is 0 Å². The molecule has 0 radical (unpaired) electrons. The fraction of sp³-hybridized carbons (Fsp3) is 0.188. The fourth-order valence-electron chi connectivity index (χ4n) is 2.02. The molecule has 0 aromatic heterocycles. The molecule has 0 bridgehead atoms. The van der Waals surface area contributed by atoms with Gasteiger partial charge >= 0.3 is 0 Å². The number of para-hydroxylation sites is 1. The maximum atomic E-state index is 12.5. The van der Waals surface area contributed by atoms with Crippen LogP contribution in [0.1, 0.15) is 18.4 Å². The highest BCUT2D eigenvalue weighted by atomic mass is 79.9. The summed E-state index contributed by atoms with van der Waals surface area (Å²) in [6.45, 7) is 1.94. The van der Waals surface area contributed by atoms with E-state index in [1.165, 1.54) is 0 Å². The lowest BCUT2D eigenvalue weighted by atomic mass is 10.00. The smallest absolute Gasteiger partial charge is 0.234 e. The first kappa shape index (κ1) is 13.8. The molecule has 0 N–H and O–H groups in total. The lowest BCUT2D eigenvalue weighted by Crippen LogP contribution is -2.30. The first-order valence-corrected chi connectivity index (χ1v) is 6.97. The lowest BCUT2D eigenvalue weighted by Gasteiger charge is -2.22. The van der Waals surface area contributed by atoms with Gasteiger partial charge in [0, 0.05) is 11.5 Å². The highest BCUT2D eigenvalue weighted by Crippen LogP contribution is 2.27. The van der Waals surface area contributed by atoms with Gasteiger partial charge in [-0.05, 0) is 40.5 Å². The Morgan fingerprint density at radius 3 is 2.26 bits per heavy atom. The van der Waals surface area contributed by atoms with Crippen molar-refractivity contribution in [3.05, 3.63) is 64.6 Å². The largest absolute Gasteiger partial charge is 0.314 e. The predicted molar refractivity (Wildman–Crippen MR) is 82.4 cm³/mol. The zero-order valence-corrected chi connectivity index (χ0v) is 12.6. The summed E-state index contributed by atoms with van der Waals surface area (Å²) in [4.78, 5) is 14.2. The maximum Gasteiger partial charge on any atom is 0.234 e. The molecule has 2 aromatic carbocycles. The van der Waals surface area contributed by atoms with Crippen LogP contribution < -0.4 is 4.90 Å². The molecule has 0 aliphatic carbocycles. The number of hydrogen-bond acceptors (Lipinski definition) is 1. The fourth-order valence-corrected chi connectivity index (χ4v) is 2.57. The van der Waals surface area contributed by atoms with Crippen molar-refractivity contribution in [2.45, 2.75) is 12.8 Å². The number of amides is 1. The van der Waals surface area contributed by atoms with Gasteiger partial charge in [0.15, 0.2) is 0 Å². The number of likely N-dealkylation sites (N-methyl/N-ethyl adjacent to an activating group) is 1. The number of nitrogens with zero attached hydrogens (tertiary/aromatic N) is 1. The van der Waals surface area contributed by atoms with Gasteiger partial charge in [0.2, 0.25) is 5.91 Å². The third kappa shape index (κ3) is 3.04. The molecule has 19 heavy (non-hydrogen) atoms. The zero-order chi connectivity index (χ0) is 13.8. The molecule has 1 atom stereocenters. The predicted octanol–water partition coefficient (Wildman–Crippen LogP) is 4.22. The van der Waals surface area contributed by atoms with E-state index in [1.54, 1.807) is 4.90 Å². The monoisotopic (exact) mass is 317 g/mol. The molecular formula is C16H16BrNO. The second-order valence-electron chi connectivity index (χ2n) is 4.48. The van der Waals surface area contributed by atoms with Crippen molar-refractivity contribution in [2.24, 2.45) is 0 Å². The van der Waals surface area contributed by atoms with E-state index in [1.807, 2.05) is 68.6 Å². The number of anilines is 1. The van der Waals surface area contributed by atoms with E-state index < -0.39 is 0 Å². The Labute approximate surface area is 122 Å². The molecule has 0 aliphatic rings. The second-order valence-corrected chi connectivity index (χ2v) is 5.34. The van der Waals surface area contributed by atoms with Crippen molar-refractivity contribution in [3.63, 3.8) is 0 Å². The highest BCUT2D eigenvalue weighted by molar-refractivity contribution is 9.10. The molecule has 0 spiro atoms. The number of hydrogen-bond donors (Lipinski definition) is 0. The Balaban J connectivity index is 2.23. The van der Waals surface area contributed by atoms with Crippen LogP contribution in [0.3, 0.4) is 0 Å². The van der Waals surface area contributed by atoms with Crippen molar-refractivity contribution in [2.75, 3.05) is 11.9 Å². The molecule has 0 aliphatic heterocycles. The molecular weight excluding hydrogens is 302 g/mol. The van der Waals surface area contributed by atoms with Crippen molar-refractivity contribution in [3.8, 4) is 0 Å². The average Bonchev–Trinajstić information content (AvgIpc) is 2.46. The standard InChI is InChI=1S/C16H16BrNO/c1-12(13-8-4-3-5-9-13)16(19)18(2)15-11-7-6-10-14(15)17/h3-12H,1-2H3. The molecule has 0 fully saturated rings. The van der Waals surface area contributed by atoms with Crippen LogP contribution in [0.15, 0.2) is 59.1 Å². The first-order chi connectivity index (χ1) is 9.11. The van der Waals surface area contributed by atoms with Crippen LogP contribution in [0.25, 0.3) is 0 Å². The van der Waals surface area contributed by atoms with Gasteiger partial charge in [0.05, 0.1) is 11.6 Å². The Kier molecular flexibility index (Phi) is 4.38. The van der Waals surface area contributed by atoms with E-state index in [2.05, 4.69) is 15.9 Å². The molecule has 3 heteroatoms. The summed E-state index contributed by atoms with van der Waals surface area (Å²) in [6, 6.07) is 17.6. The summed E-state index contributed by atoms with van der Waals surface area (Å²) in [7, 11) is 1.81. The minimum absolute atomic E-state index is 0.0816. The zero-order valence-electron chi connectivity index (χ0n) is 11.0. The number of benzene rings is 2. The molecule has 0 heterocycles. The van der Waals surface area contributed by atoms with E-state index in [4.69, 9.17) is 0 Å². The summed E-state index contributed by atoms with van der Waals surface area (Å²) < 4.78 is 0.922. The maximum absolute atomic E-state index is 12.5. The highest BCUT2D eigenvalue weighted by Gasteiger charge is 2.21. The van der Waals surface area contributed by atoms with E-state index >= 15 is 0 Å².